The average Bonchev–Trinajstić information content (AvgIpc) is 2.56. The second-order valence-corrected chi connectivity index (χ2v) is 4.68. The van der Waals surface area contributed by atoms with Crippen LogP contribution in [0.5, 0.6) is 5.75 Å². The smallest absolute Gasteiger partial charge is 0.122 e. The Morgan fingerprint density at radius 2 is 1.84 bits per heavy atom. The molecule has 0 heterocycles. The minimum atomic E-state index is -0.341. The number of ether oxygens (including phenoxy) is 1. The molecule has 0 bridgehead atoms. The second-order valence-electron chi connectivity index (χ2n) is 4.68. The molecule has 19 heavy (non-hydrogen) atoms. The van der Waals surface area contributed by atoms with E-state index < -0.39 is 0 Å². The molecule has 0 amide bonds. The van der Waals surface area contributed by atoms with E-state index in [0.29, 0.717) is 25.0 Å². The molecule has 0 aliphatic carbocycles. The lowest BCUT2D eigenvalue weighted by molar-refractivity contribution is 0.305. The molecular formula is C18H22O. The molecule has 0 spiro atoms. The van der Waals surface area contributed by atoms with E-state index in [1.54, 1.807) is 0 Å². The van der Waals surface area contributed by atoms with Crippen LogP contribution >= 0.6 is 0 Å². The first-order valence-corrected chi connectivity index (χ1v) is 6.58. The van der Waals surface area contributed by atoms with Gasteiger partial charge in [0.15, 0.2) is 0 Å². The van der Waals surface area contributed by atoms with E-state index in [0.717, 1.165) is 23.3 Å². The zero-order valence-corrected chi connectivity index (χ0v) is 11.5. The highest BCUT2D eigenvalue weighted by Crippen LogP contribution is 2.19. The van der Waals surface area contributed by atoms with Gasteiger partial charge in [-0.25, -0.2) is 0 Å². The monoisotopic (exact) mass is 259 g/mol. The number of aryl methyl sites for hydroxylation is 2. The first-order chi connectivity index (χ1) is 11.3. The van der Waals surface area contributed by atoms with Crippen molar-refractivity contribution in [2.75, 3.05) is 6.61 Å². The maximum atomic E-state index is 7.90. The molecular weight excluding hydrogens is 232 g/mol. The van der Waals surface area contributed by atoms with Gasteiger partial charge in [0.1, 0.15) is 5.75 Å². The Morgan fingerprint density at radius 3 is 2.63 bits per heavy atom. The molecule has 0 unspecified atom stereocenters. The van der Waals surface area contributed by atoms with Crippen molar-refractivity contribution in [3.8, 4) is 5.75 Å². The summed E-state index contributed by atoms with van der Waals surface area (Å²) in [5.74, 6) is 0.873. The summed E-state index contributed by atoms with van der Waals surface area (Å²) in [5.41, 5.74) is 2.62. The summed E-state index contributed by atoms with van der Waals surface area (Å²) in [6, 6.07) is 5.00. The summed E-state index contributed by atoms with van der Waals surface area (Å²) >= 11 is 0. The Bertz CT molecular complexity index is 714. The Hall–Kier alpha value is -1.76. The Balaban J connectivity index is 1.92. The van der Waals surface area contributed by atoms with E-state index in [9.17, 15) is 0 Å². The molecule has 2 aromatic rings. The van der Waals surface area contributed by atoms with Crippen molar-refractivity contribution in [1.29, 1.82) is 0 Å². The maximum Gasteiger partial charge on any atom is 0.122 e. The van der Waals surface area contributed by atoms with E-state index in [1.807, 2.05) is 32.0 Å². The molecule has 2 aromatic carbocycles. The molecule has 0 atom stereocenters. The molecule has 0 saturated heterocycles. The first kappa shape index (κ1) is 8.42. The standard InChI is InChI=1S/C18H22O/c1-15-11-12-16(2)18(14-15)19-13-7-6-10-17-8-4-3-5-9-17/h3-5,8-9,11-12,14H,6-7,10,13H2,1-2H3/i3D,4D,5D,8D,9D. The number of unbranched alkanes of at least 4 members (excludes halogenated alkanes) is 1. The summed E-state index contributed by atoms with van der Waals surface area (Å²) in [6.07, 6.45) is 1.92. The van der Waals surface area contributed by atoms with Gasteiger partial charge >= 0.3 is 0 Å². The molecule has 0 saturated carbocycles. The van der Waals surface area contributed by atoms with E-state index in [2.05, 4.69) is 0 Å². The van der Waals surface area contributed by atoms with Gasteiger partial charge in [0.25, 0.3) is 0 Å². The van der Waals surface area contributed by atoms with Crippen LogP contribution in [0.1, 0.15) is 36.4 Å². The van der Waals surface area contributed by atoms with Crippen molar-refractivity contribution < 1.29 is 11.6 Å². The van der Waals surface area contributed by atoms with Crippen molar-refractivity contribution in [2.24, 2.45) is 0 Å². The molecule has 1 heteroatoms. The summed E-state index contributed by atoms with van der Waals surface area (Å²) < 4.78 is 44.5. The fourth-order valence-corrected chi connectivity index (χ4v) is 1.85. The number of rotatable bonds is 6. The van der Waals surface area contributed by atoms with E-state index in [1.165, 1.54) is 0 Å². The zero-order valence-electron chi connectivity index (χ0n) is 16.5. The highest BCUT2D eigenvalue weighted by Gasteiger charge is 1.99. The third-order valence-corrected chi connectivity index (χ3v) is 2.97. The lowest BCUT2D eigenvalue weighted by atomic mass is 10.1. The fraction of sp³-hybridized carbons (Fsp3) is 0.333. The SMILES string of the molecule is [2H]c1c([2H])c([2H])c(CCCCOc2cc(C)ccc2C)c([2H])c1[2H]. The molecule has 100 valence electrons. The van der Waals surface area contributed by atoms with E-state index in [4.69, 9.17) is 11.6 Å². The average molecular weight is 259 g/mol. The normalized spacial score (nSPS) is 14.1. The summed E-state index contributed by atoms with van der Waals surface area (Å²) in [7, 11) is 0. The van der Waals surface area contributed by atoms with Crippen LogP contribution in [0, 0.1) is 13.8 Å². The van der Waals surface area contributed by atoms with Gasteiger partial charge in [-0.15, -0.1) is 0 Å². The fourth-order valence-electron chi connectivity index (χ4n) is 1.85. The molecule has 0 aliphatic heterocycles. The largest absolute Gasteiger partial charge is 0.493 e. The van der Waals surface area contributed by atoms with Gasteiger partial charge in [-0.05, 0) is 55.9 Å². The van der Waals surface area contributed by atoms with Crippen molar-refractivity contribution in [3.05, 3.63) is 65.1 Å². The second kappa shape index (κ2) is 6.98. The van der Waals surface area contributed by atoms with Gasteiger partial charge in [0, 0.05) is 0 Å². The number of benzene rings is 2. The predicted molar refractivity (Wildman–Crippen MR) is 80.8 cm³/mol. The first-order valence-electron chi connectivity index (χ1n) is 9.08. The molecule has 0 aromatic heterocycles. The highest BCUT2D eigenvalue weighted by atomic mass is 16.5. The van der Waals surface area contributed by atoms with Crippen LogP contribution < -0.4 is 4.74 Å². The zero-order chi connectivity index (χ0) is 17.9. The quantitative estimate of drug-likeness (QED) is 0.683. The summed E-state index contributed by atoms with van der Waals surface area (Å²) in [4.78, 5) is 0. The Kier molecular flexibility index (Phi) is 3.09. The third-order valence-electron chi connectivity index (χ3n) is 2.97. The van der Waals surface area contributed by atoms with Crippen LogP contribution in [-0.2, 0) is 6.42 Å². The summed E-state index contributed by atoms with van der Waals surface area (Å²) in [5, 5.41) is 0. The highest BCUT2D eigenvalue weighted by molar-refractivity contribution is 5.35. The molecule has 0 aliphatic rings. The van der Waals surface area contributed by atoms with Crippen LogP contribution in [0.15, 0.2) is 48.4 Å². The lowest BCUT2D eigenvalue weighted by Gasteiger charge is -2.09. The Morgan fingerprint density at radius 1 is 1.05 bits per heavy atom. The van der Waals surface area contributed by atoms with Gasteiger partial charge in [-0.3, -0.25) is 0 Å². The van der Waals surface area contributed by atoms with Crippen LogP contribution in [-0.4, -0.2) is 6.61 Å². The summed E-state index contributed by atoms with van der Waals surface area (Å²) in [6.45, 7) is 4.56. The third kappa shape index (κ3) is 4.44. The van der Waals surface area contributed by atoms with Gasteiger partial charge in [0.05, 0.1) is 13.5 Å². The molecule has 1 nitrogen and oxygen atoms in total. The molecule has 0 radical (unpaired) electrons. The van der Waals surface area contributed by atoms with E-state index in [-0.39, 0.29) is 30.2 Å². The van der Waals surface area contributed by atoms with Crippen LogP contribution in [0.4, 0.5) is 0 Å². The number of hydrogen-bond donors (Lipinski definition) is 0. The van der Waals surface area contributed by atoms with E-state index >= 15 is 0 Å². The maximum absolute atomic E-state index is 7.90. The van der Waals surface area contributed by atoms with Crippen LogP contribution in [0.3, 0.4) is 0 Å². The van der Waals surface area contributed by atoms with Gasteiger partial charge in [-0.1, -0.05) is 42.3 Å². The lowest BCUT2D eigenvalue weighted by Crippen LogP contribution is -2.00. The van der Waals surface area contributed by atoms with Gasteiger partial charge < -0.3 is 4.74 Å². The van der Waals surface area contributed by atoms with Crippen molar-refractivity contribution in [1.82, 2.24) is 0 Å². The van der Waals surface area contributed by atoms with Crippen molar-refractivity contribution in [2.45, 2.75) is 33.1 Å². The molecule has 0 N–H and O–H groups in total. The van der Waals surface area contributed by atoms with Crippen molar-refractivity contribution in [3.63, 3.8) is 0 Å². The Labute approximate surface area is 123 Å². The van der Waals surface area contributed by atoms with Gasteiger partial charge in [-0.2, -0.15) is 0 Å². The predicted octanol–water partition coefficient (Wildman–Crippen LogP) is 4.71. The van der Waals surface area contributed by atoms with Crippen molar-refractivity contribution >= 4 is 0 Å². The molecule has 0 fully saturated rings. The van der Waals surface area contributed by atoms with Crippen LogP contribution in [0.25, 0.3) is 0 Å². The minimum absolute atomic E-state index is 0.101. The minimum Gasteiger partial charge on any atom is -0.493 e. The van der Waals surface area contributed by atoms with Gasteiger partial charge in [0.2, 0.25) is 0 Å². The topological polar surface area (TPSA) is 9.23 Å². The van der Waals surface area contributed by atoms with Crippen LogP contribution in [0.2, 0.25) is 0 Å². The molecule has 2 rings (SSSR count). The number of hydrogen-bond acceptors (Lipinski definition) is 1.